The molecule has 29 heavy (non-hydrogen) atoms. The van der Waals surface area contributed by atoms with Gasteiger partial charge in [-0.2, -0.15) is 0 Å². The number of amides is 1. The molecular weight excluding hydrogens is 392 g/mol. The van der Waals surface area contributed by atoms with Crippen LogP contribution in [0.5, 0.6) is 5.75 Å². The molecule has 1 N–H and O–H groups in total. The van der Waals surface area contributed by atoms with Crippen LogP contribution in [-0.4, -0.2) is 38.6 Å². The molecule has 3 rings (SSSR count). The van der Waals surface area contributed by atoms with Crippen molar-refractivity contribution in [1.82, 2.24) is 0 Å². The number of ether oxygens (including phenoxy) is 2. The third kappa shape index (κ3) is 5.95. The van der Waals surface area contributed by atoms with E-state index in [0.29, 0.717) is 32.0 Å². The summed E-state index contributed by atoms with van der Waals surface area (Å²) >= 11 is 0. The highest BCUT2D eigenvalue weighted by molar-refractivity contribution is 6.02. The Labute approximate surface area is 164 Å². The van der Waals surface area contributed by atoms with Crippen LogP contribution in [0.25, 0.3) is 6.08 Å². The molecule has 0 aliphatic carbocycles. The van der Waals surface area contributed by atoms with Gasteiger partial charge in [-0.25, -0.2) is 4.39 Å². The van der Waals surface area contributed by atoms with Crippen molar-refractivity contribution in [2.75, 3.05) is 36.5 Å². The summed E-state index contributed by atoms with van der Waals surface area (Å²) in [4.78, 5) is 13.9. The zero-order chi connectivity index (χ0) is 20.9. The van der Waals surface area contributed by atoms with E-state index in [0.717, 1.165) is 12.1 Å². The number of morpholine rings is 1. The lowest BCUT2D eigenvalue weighted by molar-refractivity contribution is -0.274. The number of nitrogens with zero attached hydrogens (tertiary/aromatic N) is 1. The third-order valence-corrected chi connectivity index (χ3v) is 4.13. The molecule has 1 aliphatic rings. The smallest absolute Gasteiger partial charge is 0.405 e. The minimum atomic E-state index is -4.84. The molecule has 1 heterocycles. The number of hydrogen-bond donors (Lipinski definition) is 1. The van der Waals surface area contributed by atoms with Crippen molar-refractivity contribution in [2.24, 2.45) is 0 Å². The van der Waals surface area contributed by atoms with E-state index in [1.165, 1.54) is 30.3 Å². The highest BCUT2D eigenvalue weighted by Crippen LogP contribution is 2.27. The number of benzene rings is 2. The Balaban J connectivity index is 1.66. The first kappa shape index (κ1) is 20.7. The SMILES string of the molecule is O=C(/C=C/c1ccccc1OC(F)(F)F)Nc1ccc(N2CCOCC2)c(F)c1. The van der Waals surface area contributed by atoms with Gasteiger partial charge in [-0.05, 0) is 30.3 Å². The van der Waals surface area contributed by atoms with Crippen molar-refractivity contribution in [3.63, 3.8) is 0 Å². The first-order chi connectivity index (χ1) is 13.8. The first-order valence-electron chi connectivity index (χ1n) is 8.78. The van der Waals surface area contributed by atoms with Crippen molar-refractivity contribution in [3.05, 3.63) is 59.9 Å². The van der Waals surface area contributed by atoms with E-state index in [1.807, 2.05) is 4.90 Å². The van der Waals surface area contributed by atoms with E-state index in [-0.39, 0.29) is 11.3 Å². The van der Waals surface area contributed by atoms with Crippen molar-refractivity contribution in [1.29, 1.82) is 0 Å². The number of anilines is 2. The van der Waals surface area contributed by atoms with E-state index >= 15 is 0 Å². The minimum Gasteiger partial charge on any atom is -0.405 e. The van der Waals surface area contributed by atoms with Crippen LogP contribution < -0.4 is 15.0 Å². The lowest BCUT2D eigenvalue weighted by Crippen LogP contribution is -2.36. The normalized spacial score (nSPS) is 14.8. The summed E-state index contributed by atoms with van der Waals surface area (Å²) in [5.74, 6) is -1.53. The average Bonchev–Trinajstić information content (AvgIpc) is 2.67. The predicted molar refractivity (Wildman–Crippen MR) is 100 cm³/mol. The van der Waals surface area contributed by atoms with E-state index < -0.39 is 23.8 Å². The third-order valence-electron chi connectivity index (χ3n) is 4.13. The van der Waals surface area contributed by atoms with Gasteiger partial charge in [0.1, 0.15) is 11.6 Å². The lowest BCUT2D eigenvalue weighted by atomic mass is 10.2. The fourth-order valence-corrected chi connectivity index (χ4v) is 2.83. The monoisotopic (exact) mass is 410 g/mol. The summed E-state index contributed by atoms with van der Waals surface area (Å²) in [6.07, 6.45) is -2.60. The Bertz CT molecular complexity index is 894. The molecular formula is C20H18F4N2O3. The second-order valence-electron chi connectivity index (χ2n) is 6.17. The van der Waals surface area contributed by atoms with Gasteiger partial charge in [0.05, 0.1) is 18.9 Å². The molecule has 0 saturated carbocycles. The van der Waals surface area contributed by atoms with Gasteiger partial charge in [0.25, 0.3) is 0 Å². The van der Waals surface area contributed by atoms with Crippen LogP contribution in [-0.2, 0) is 9.53 Å². The molecule has 0 unspecified atom stereocenters. The maximum Gasteiger partial charge on any atom is 0.573 e. The maximum absolute atomic E-state index is 14.4. The van der Waals surface area contributed by atoms with E-state index in [1.54, 1.807) is 12.1 Å². The molecule has 5 nitrogen and oxygen atoms in total. The highest BCUT2D eigenvalue weighted by Gasteiger charge is 2.31. The summed E-state index contributed by atoms with van der Waals surface area (Å²) in [6, 6.07) is 9.73. The van der Waals surface area contributed by atoms with Crippen LogP contribution in [0.2, 0.25) is 0 Å². The number of alkyl halides is 3. The molecule has 2 aromatic carbocycles. The molecule has 9 heteroatoms. The molecule has 154 valence electrons. The Morgan fingerprint density at radius 2 is 1.86 bits per heavy atom. The largest absolute Gasteiger partial charge is 0.573 e. The highest BCUT2D eigenvalue weighted by atomic mass is 19.4. The fraction of sp³-hybridized carbons (Fsp3) is 0.250. The number of halogens is 4. The summed E-state index contributed by atoms with van der Waals surface area (Å²) in [5, 5.41) is 2.48. The molecule has 0 spiro atoms. The van der Waals surface area contributed by atoms with Crippen LogP contribution in [0.4, 0.5) is 28.9 Å². The average molecular weight is 410 g/mol. The summed E-state index contributed by atoms with van der Waals surface area (Å²) in [6.45, 7) is 2.18. The van der Waals surface area contributed by atoms with E-state index in [4.69, 9.17) is 4.74 Å². The van der Waals surface area contributed by atoms with E-state index in [2.05, 4.69) is 10.1 Å². The van der Waals surface area contributed by atoms with Crippen molar-refractivity contribution in [3.8, 4) is 5.75 Å². The van der Waals surface area contributed by atoms with Crippen LogP contribution in [0.1, 0.15) is 5.56 Å². The second-order valence-corrected chi connectivity index (χ2v) is 6.17. The summed E-state index contributed by atoms with van der Waals surface area (Å²) < 4.78 is 60.9. The van der Waals surface area contributed by atoms with Crippen LogP contribution >= 0.6 is 0 Å². The van der Waals surface area contributed by atoms with Crippen molar-refractivity contribution >= 4 is 23.4 Å². The summed E-state index contributed by atoms with van der Waals surface area (Å²) in [7, 11) is 0. The molecule has 0 bridgehead atoms. The molecule has 1 fully saturated rings. The van der Waals surface area contributed by atoms with Crippen LogP contribution in [0, 0.1) is 5.82 Å². The van der Waals surface area contributed by atoms with Crippen LogP contribution in [0.3, 0.4) is 0 Å². The standard InChI is InChI=1S/C20H18F4N2O3/c21-16-13-15(6-7-17(16)26-9-11-28-12-10-26)25-19(27)8-5-14-3-1-2-4-18(14)29-20(22,23)24/h1-8,13H,9-12H2,(H,25,27)/b8-5+. The van der Waals surface area contributed by atoms with Gasteiger partial charge in [0.2, 0.25) is 5.91 Å². The molecule has 0 aromatic heterocycles. The van der Waals surface area contributed by atoms with Crippen molar-refractivity contribution in [2.45, 2.75) is 6.36 Å². The van der Waals surface area contributed by atoms with Gasteiger partial charge in [-0.15, -0.1) is 13.2 Å². The molecule has 1 amide bonds. The number of carbonyl (C=O) groups is 1. The number of carbonyl (C=O) groups excluding carboxylic acids is 1. The van der Waals surface area contributed by atoms with Gasteiger partial charge >= 0.3 is 6.36 Å². The van der Waals surface area contributed by atoms with Gasteiger partial charge in [-0.1, -0.05) is 18.2 Å². The molecule has 0 radical (unpaired) electrons. The summed E-state index contributed by atoms with van der Waals surface area (Å²) in [5.41, 5.74) is 0.725. The maximum atomic E-state index is 14.4. The minimum absolute atomic E-state index is 0.0776. The number of hydrogen-bond acceptors (Lipinski definition) is 4. The van der Waals surface area contributed by atoms with E-state index in [9.17, 15) is 22.4 Å². The topological polar surface area (TPSA) is 50.8 Å². The molecule has 2 aromatic rings. The molecule has 1 saturated heterocycles. The quantitative estimate of drug-likeness (QED) is 0.593. The Morgan fingerprint density at radius 1 is 1.14 bits per heavy atom. The predicted octanol–water partition coefficient (Wildman–Crippen LogP) is 4.21. The Hall–Kier alpha value is -3.07. The Kier molecular flexibility index (Phi) is 6.38. The van der Waals surface area contributed by atoms with Gasteiger partial charge in [0, 0.05) is 30.4 Å². The van der Waals surface area contributed by atoms with Crippen LogP contribution in [0.15, 0.2) is 48.5 Å². The molecule has 1 aliphatic heterocycles. The fourth-order valence-electron chi connectivity index (χ4n) is 2.83. The zero-order valence-corrected chi connectivity index (χ0v) is 15.2. The van der Waals surface area contributed by atoms with Crippen molar-refractivity contribution < 1.29 is 31.8 Å². The van der Waals surface area contributed by atoms with Gasteiger partial charge in [0.15, 0.2) is 0 Å². The first-order valence-corrected chi connectivity index (χ1v) is 8.78. The number of rotatable bonds is 5. The lowest BCUT2D eigenvalue weighted by Gasteiger charge is -2.29. The number of para-hydroxylation sites is 1. The van der Waals surface area contributed by atoms with Gasteiger partial charge in [-0.3, -0.25) is 4.79 Å². The second kappa shape index (κ2) is 8.95. The zero-order valence-electron chi connectivity index (χ0n) is 15.2. The Morgan fingerprint density at radius 3 is 2.55 bits per heavy atom. The molecule has 0 atom stereocenters. The van der Waals surface area contributed by atoms with Gasteiger partial charge < -0.3 is 19.7 Å². The number of nitrogens with one attached hydrogen (secondary N) is 1.